The molecule has 0 unspecified atom stereocenters. The Balaban J connectivity index is 1.44. The van der Waals surface area contributed by atoms with Crippen molar-refractivity contribution in [2.24, 2.45) is 0 Å². The summed E-state index contributed by atoms with van der Waals surface area (Å²) in [5.74, 6) is 0. The number of benzene rings is 3. The summed E-state index contributed by atoms with van der Waals surface area (Å²) >= 11 is 3.97. The smallest absolute Gasteiger partial charge is 0.261 e. The van der Waals surface area contributed by atoms with Crippen LogP contribution in [-0.2, 0) is 20.3 Å². The summed E-state index contributed by atoms with van der Waals surface area (Å²) in [6.45, 7) is 11.5. The maximum absolute atomic E-state index is 9.95. The summed E-state index contributed by atoms with van der Waals surface area (Å²) in [7, 11) is -2.58. The maximum atomic E-state index is 9.95. The molecule has 4 nitrogen and oxygen atoms in total. The molecule has 4 rings (SSSR count). The molecule has 3 aromatic carbocycles. The van der Waals surface area contributed by atoms with Crippen molar-refractivity contribution in [1.82, 2.24) is 0 Å². The second kappa shape index (κ2) is 16.7. The summed E-state index contributed by atoms with van der Waals surface area (Å²) in [5, 5.41) is 12.5. The SMILES string of the molecule is C[C@H](O)C[C@H](C)O[C@@H](CCc1ccccc1)C[C@@H]1C[C@H](Br)C[C@H](CCO[Si](c2ccccc2)(c2ccccc2)C(C)(C)C)O1. The van der Waals surface area contributed by atoms with Gasteiger partial charge in [-0.1, -0.05) is 128 Å². The molecule has 1 heterocycles. The number of halogens is 1. The molecule has 44 heavy (non-hydrogen) atoms. The monoisotopic (exact) mass is 680 g/mol. The van der Waals surface area contributed by atoms with Crippen molar-refractivity contribution < 1.29 is 19.0 Å². The minimum atomic E-state index is -2.58. The molecule has 0 bridgehead atoms. The first-order valence-electron chi connectivity index (χ1n) is 16.5. The molecule has 6 heteroatoms. The van der Waals surface area contributed by atoms with Crippen LogP contribution in [0.4, 0.5) is 0 Å². The lowest BCUT2D eigenvalue weighted by molar-refractivity contribution is -0.0963. The van der Waals surface area contributed by atoms with E-state index in [1.54, 1.807) is 0 Å². The molecule has 0 aromatic heterocycles. The van der Waals surface area contributed by atoms with Crippen molar-refractivity contribution in [3.63, 3.8) is 0 Å². The fourth-order valence-electron chi connectivity index (χ4n) is 6.86. The average molecular weight is 682 g/mol. The van der Waals surface area contributed by atoms with E-state index in [1.165, 1.54) is 15.9 Å². The van der Waals surface area contributed by atoms with Gasteiger partial charge < -0.3 is 19.0 Å². The Bertz CT molecular complexity index is 1180. The van der Waals surface area contributed by atoms with Crippen LogP contribution in [0.5, 0.6) is 0 Å². The molecule has 0 saturated carbocycles. The number of ether oxygens (including phenoxy) is 2. The van der Waals surface area contributed by atoms with Crippen LogP contribution in [0.3, 0.4) is 0 Å². The Labute approximate surface area is 275 Å². The molecular weight excluding hydrogens is 628 g/mol. The maximum Gasteiger partial charge on any atom is 0.261 e. The van der Waals surface area contributed by atoms with Crippen LogP contribution < -0.4 is 10.4 Å². The van der Waals surface area contributed by atoms with Crippen LogP contribution in [0, 0.1) is 0 Å². The van der Waals surface area contributed by atoms with E-state index in [2.05, 4.69) is 135 Å². The molecule has 1 aliphatic heterocycles. The number of rotatable bonds is 15. The fourth-order valence-corrected chi connectivity index (χ4v) is 12.3. The summed E-state index contributed by atoms with van der Waals surface area (Å²) in [5.41, 5.74) is 1.32. The molecule has 240 valence electrons. The van der Waals surface area contributed by atoms with Crippen molar-refractivity contribution in [1.29, 1.82) is 0 Å². The van der Waals surface area contributed by atoms with Gasteiger partial charge in [0.2, 0.25) is 0 Å². The van der Waals surface area contributed by atoms with Crippen molar-refractivity contribution in [2.75, 3.05) is 6.61 Å². The Kier molecular flexibility index (Phi) is 13.3. The van der Waals surface area contributed by atoms with Gasteiger partial charge in [-0.25, -0.2) is 0 Å². The lowest BCUT2D eigenvalue weighted by Gasteiger charge is -2.43. The Hall–Kier alpha value is -1.80. The molecule has 0 amide bonds. The summed E-state index contributed by atoms with van der Waals surface area (Å²) in [6, 6.07) is 32.3. The zero-order valence-corrected chi connectivity index (χ0v) is 29.9. The molecule has 1 saturated heterocycles. The van der Waals surface area contributed by atoms with Crippen molar-refractivity contribution >= 4 is 34.6 Å². The van der Waals surface area contributed by atoms with Gasteiger partial charge in [0.05, 0.1) is 30.5 Å². The highest BCUT2D eigenvalue weighted by molar-refractivity contribution is 9.09. The molecular formula is C38H53BrO4Si. The van der Waals surface area contributed by atoms with Gasteiger partial charge in [-0.05, 0) is 79.8 Å². The van der Waals surface area contributed by atoms with Gasteiger partial charge in [-0.3, -0.25) is 0 Å². The number of hydrogen-bond donors (Lipinski definition) is 1. The highest BCUT2D eigenvalue weighted by Gasteiger charge is 2.50. The van der Waals surface area contributed by atoms with Crippen molar-refractivity contribution in [2.45, 2.75) is 120 Å². The van der Waals surface area contributed by atoms with Gasteiger partial charge in [0.25, 0.3) is 8.32 Å². The minimum Gasteiger partial charge on any atom is -0.407 e. The largest absolute Gasteiger partial charge is 0.407 e. The standard InChI is InChI=1S/C38H53BrO4Si/c1-29(40)25-30(2)42-33(22-21-31-15-9-6-10-16-31)28-35-27-32(39)26-34(43-35)23-24-41-44(38(3,4)5,36-17-11-7-12-18-36)37-19-13-8-14-20-37/h6-20,29-30,32-35,40H,21-28H2,1-5H3/t29-,30-,32+,33-,34-,35-/m0/s1. The van der Waals surface area contributed by atoms with E-state index in [0.29, 0.717) is 17.9 Å². The van der Waals surface area contributed by atoms with E-state index in [9.17, 15) is 5.11 Å². The minimum absolute atomic E-state index is 0.00483. The van der Waals surface area contributed by atoms with Crippen LogP contribution in [0.15, 0.2) is 91.0 Å². The van der Waals surface area contributed by atoms with Gasteiger partial charge in [-0.2, -0.15) is 0 Å². The third-order valence-electron chi connectivity index (χ3n) is 8.82. The molecule has 1 N–H and O–H groups in total. The summed E-state index contributed by atoms with van der Waals surface area (Å²) < 4.78 is 20.5. The topological polar surface area (TPSA) is 47.9 Å². The van der Waals surface area contributed by atoms with E-state index in [-0.39, 0.29) is 35.6 Å². The first-order chi connectivity index (χ1) is 21.1. The zero-order chi connectivity index (χ0) is 31.6. The average Bonchev–Trinajstić information content (AvgIpc) is 2.98. The van der Waals surface area contributed by atoms with E-state index in [1.807, 2.05) is 6.92 Å². The third-order valence-corrected chi connectivity index (χ3v) is 14.6. The van der Waals surface area contributed by atoms with Crippen LogP contribution in [0.25, 0.3) is 0 Å². The highest BCUT2D eigenvalue weighted by Crippen LogP contribution is 2.37. The van der Waals surface area contributed by atoms with Gasteiger partial charge in [0, 0.05) is 11.4 Å². The van der Waals surface area contributed by atoms with E-state index in [0.717, 1.165) is 38.5 Å². The quantitative estimate of drug-likeness (QED) is 0.131. The van der Waals surface area contributed by atoms with Gasteiger partial charge in [0.1, 0.15) is 0 Å². The number of aliphatic hydroxyl groups is 1. The number of aryl methyl sites for hydroxylation is 1. The number of aliphatic hydroxyl groups excluding tert-OH is 1. The zero-order valence-electron chi connectivity index (χ0n) is 27.3. The normalized spacial score (nSPS) is 21.5. The third kappa shape index (κ3) is 9.85. The van der Waals surface area contributed by atoms with Gasteiger partial charge in [0.15, 0.2) is 0 Å². The Morgan fingerprint density at radius 2 is 1.41 bits per heavy atom. The molecule has 6 atom stereocenters. The Morgan fingerprint density at radius 3 is 1.95 bits per heavy atom. The van der Waals surface area contributed by atoms with Crippen LogP contribution in [0.1, 0.15) is 78.7 Å². The number of alkyl halides is 1. The molecule has 3 aromatic rings. The van der Waals surface area contributed by atoms with E-state index >= 15 is 0 Å². The molecule has 0 radical (unpaired) electrons. The lowest BCUT2D eigenvalue weighted by atomic mass is 9.95. The number of hydrogen-bond acceptors (Lipinski definition) is 4. The summed E-state index contributed by atoms with van der Waals surface area (Å²) in [4.78, 5) is 0.406. The van der Waals surface area contributed by atoms with Crippen LogP contribution in [-0.4, -0.2) is 55.4 Å². The van der Waals surface area contributed by atoms with Crippen LogP contribution in [0.2, 0.25) is 5.04 Å². The molecule has 1 aliphatic rings. The molecule has 0 aliphatic carbocycles. The van der Waals surface area contributed by atoms with Crippen LogP contribution >= 0.6 is 15.9 Å². The molecule has 0 spiro atoms. The lowest BCUT2D eigenvalue weighted by Crippen LogP contribution is -2.66. The highest BCUT2D eigenvalue weighted by atomic mass is 79.9. The van der Waals surface area contributed by atoms with Gasteiger partial charge >= 0.3 is 0 Å². The second-order valence-corrected chi connectivity index (χ2v) is 19.3. The van der Waals surface area contributed by atoms with E-state index < -0.39 is 8.32 Å². The fraction of sp³-hybridized carbons (Fsp3) is 0.526. The van der Waals surface area contributed by atoms with Crippen molar-refractivity contribution in [3.8, 4) is 0 Å². The predicted molar refractivity (Wildman–Crippen MR) is 189 cm³/mol. The summed E-state index contributed by atoms with van der Waals surface area (Å²) in [6.07, 6.45) is 6.13. The predicted octanol–water partition coefficient (Wildman–Crippen LogP) is 7.83. The van der Waals surface area contributed by atoms with E-state index in [4.69, 9.17) is 13.9 Å². The first-order valence-corrected chi connectivity index (χ1v) is 19.3. The molecule has 1 fully saturated rings. The second-order valence-electron chi connectivity index (χ2n) is 13.7. The Morgan fingerprint density at radius 1 is 0.864 bits per heavy atom. The van der Waals surface area contributed by atoms with Crippen molar-refractivity contribution in [3.05, 3.63) is 96.6 Å². The van der Waals surface area contributed by atoms with Gasteiger partial charge in [-0.15, -0.1) is 0 Å². The first kappa shape index (κ1) is 35.1.